The van der Waals surface area contributed by atoms with Crippen LogP contribution in [0.15, 0.2) is 16.6 Å². The Bertz CT molecular complexity index is 405. The van der Waals surface area contributed by atoms with Crippen LogP contribution in [0.2, 0.25) is 5.02 Å². The highest BCUT2D eigenvalue weighted by Gasteiger charge is 2.16. The third-order valence-corrected chi connectivity index (χ3v) is 4.16. The first-order valence-corrected chi connectivity index (χ1v) is 7.73. The van der Waals surface area contributed by atoms with Crippen molar-refractivity contribution in [3.8, 4) is 5.75 Å². The normalized spacial score (nSPS) is 15.9. The van der Waals surface area contributed by atoms with Gasteiger partial charge < -0.3 is 10.1 Å². The average Bonchev–Trinajstić information content (AvgIpc) is 2.83. The number of rotatable bonds is 5. The molecule has 1 aromatic carbocycles. The maximum absolute atomic E-state index is 6.09. The van der Waals surface area contributed by atoms with Crippen LogP contribution in [-0.4, -0.2) is 13.2 Å². The van der Waals surface area contributed by atoms with Crippen molar-refractivity contribution >= 4 is 33.2 Å². The molecule has 0 atom stereocenters. The molecule has 2 nitrogen and oxygen atoms in total. The fourth-order valence-corrected chi connectivity index (χ4v) is 3.38. The van der Waals surface area contributed by atoms with Crippen LogP contribution in [0.1, 0.15) is 32.6 Å². The van der Waals surface area contributed by atoms with Gasteiger partial charge in [0.25, 0.3) is 0 Å². The van der Waals surface area contributed by atoms with Crippen molar-refractivity contribution in [2.45, 2.75) is 32.6 Å². The molecule has 4 heteroatoms. The van der Waals surface area contributed by atoms with Crippen molar-refractivity contribution in [2.75, 3.05) is 18.5 Å². The van der Waals surface area contributed by atoms with Crippen LogP contribution in [0.5, 0.6) is 5.75 Å². The number of anilines is 1. The molecule has 0 heterocycles. The molecular weight excluding hydrogens is 314 g/mol. The first-order valence-electron chi connectivity index (χ1n) is 6.56. The largest absolute Gasteiger partial charge is 0.491 e. The smallest absolute Gasteiger partial charge is 0.156 e. The molecule has 1 saturated carbocycles. The standard InChI is InChI=1S/C14H19BrClNO/c1-2-18-14-12(15)7-11(16)8-13(14)17-9-10-5-3-4-6-10/h7-8,10,17H,2-6,9H2,1H3. The molecule has 0 spiro atoms. The molecule has 1 fully saturated rings. The fraction of sp³-hybridized carbons (Fsp3) is 0.571. The summed E-state index contributed by atoms with van der Waals surface area (Å²) in [6.07, 6.45) is 5.39. The molecule has 0 saturated heterocycles. The molecule has 1 aromatic rings. The molecular formula is C14H19BrClNO. The Hall–Kier alpha value is -0.410. The minimum atomic E-state index is 0.651. The van der Waals surface area contributed by atoms with E-state index in [0.717, 1.165) is 33.4 Å². The van der Waals surface area contributed by atoms with Crippen LogP contribution in [0, 0.1) is 5.92 Å². The molecule has 100 valence electrons. The second-order valence-electron chi connectivity index (χ2n) is 4.73. The minimum absolute atomic E-state index is 0.651. The van der Waals surface area contributed by atoms with Gasteiger partial charge in [-0.15, -0.1) is 0 Å². The molecule has 18 heavy (non-hydrogen) atoms. The quantitative estimate of drug-likeness (QED) is 0.809. The zero-order valence-electron chi connectivity index (χ0n) is 10.6. The summed E-state index contributed by atoms with van der Waals surface area (Å²) in [5.41, 5.74) is 0.989. The lowest BCUT2D eigenvalue weighted by atomic mass is 10.1. The summed E-state index contributed by atoms with van der Waals surface area (Å²) in [6, 6.07) is 3.81. The van der Waals surface area contributed by atoms with E-state index in [4.69, 9.17) is 16.3 Å². The lowest BCUT2D eigenvalue weighted by Gasteiger charge is -2.17. The summed E-state index contributed by atoms with van der Waals surface area (Å²) in [6.45, 7) is 3.65. The monoisotopic (exact) mass is 331 g/mol. The molecule has 0 bridgehead atoms. The van der Waals surface area contributed by atoms with Gasteiger partial charge in [-0.2, -0.15) is 0 Å². The number of nitrogens with one attached hydrogen (secondary N) is 1. The van der Waals surface area contributed by atoms with E-state index in [-0.39, 0.29) is 0 Å². The number of hydrogen-bond acceptors (Lipinski definition) is 2. The van der Waals surface area contributed by atoms with Crippen LogP contribution < -0.4 is 10.1 Å². The van der Waals surface area contributed by atoms with Gasteiger partial charge in [-0.05, 0) is 53.7 Å². The molecule has 2 rings (SSSR count). The number of ether oxygens (including phenoxy) is 1. The lowest BCUT2D eigenvalue weighted by molar-refractivity contribution is 0.339. The van der Waals surface area contributed by atoms with Crippen molar-refractivity contribution in [3.05, 3.63) is 21.6 Å². The summed E-state index contributed by atoms with van der Waals surface area (Å²) in [4.78, 5) is 0. The lowest BCUT2D eigenvalue weighted by Crippen LogP contribution is -2.12. The van der Waals surface area contributed by atoms with Crippen LogP contribution in [-0.2, 0) is 0 Å². The Kier molecular flexibility index (Phi) is 5.19. The maximum atomic E-state index is 6.09. The van der Waals surface area contributed by atoms with Gasteiger partial charge in [0, 0.05) is 11.6 Å². The van der Waals surface area contributed by atoms with Gasteiger partial charge in [0.1, 0.15) is 0 Å². The van der Waals surface area contributed by atoms with Gasteiger partial charge in [0.2, 0.25) is 0 Å². The Morgan fingerprint density at radius 1 is 1.39 bits per heavy atom. The fourth-order valence-electron chi connectivity index (χ4n) is 2.45. The average molecular weight is 333 g/mol. The van der Waals surface area contributed by atoms with E-state index >= 15 is 0 Å². The molecule has 0 aromatic heterocycles. The number of benzene rings is 1. The predicted molar refractivity (Wildman–Crippen MR) is 80.8 cm³/mol. The van der Waals surface area contributed by atoms with Gasteiger partial charge in [-0.25, -0.2) is 0 Å². The molecule has 0 radical (unpaired) electrons. The topological polar surface area (TPSA) is 21.3 Å². The van der Waals surface area contributed by atoms with Crippen LogP contribution in [0.25, 0.3) is 0 Å². The summed E-state index contributed by atoms with van der Waals surface area (Å²) >= 11 is 9.60. The molecule has 1 aliphatic rings. The summed E-state index contributed by atoms with van der Waals surface area (Å²) in [5, 5.41) is 4.20. The van der Waals surface area contributed by atoms with Gasteiger partial charge >= 0.3 is 0 Å². The van der Waals surface area contributed by atoms with E-state index in [1.165, 1.54) is 25.7 Å². The first-order chi connectivity index (χ1) is 8.70. The second-order valence-corrected chi connectivity index (χ2v) is 6.02. The van der Waals surface area contributed by atoms with Gasteiger partial charge in [0.05, 0.1) is 16.8 Å². The Morgan fingerprint density at radius 3 is 2.78 bits per heavy atom. The zero-order chi connectivity index (χ0) is 13.0. The number of hydrogen-bond donors (Lipinski definition) is 1. The van der Waals surface area contributed by atoms with Crippen molar-refractivity contribution in [2.24, 2.45) is 5.92 Å². The molecule has 0 amide bonds. The predicted octanol–water partition coefficient (Wildman–Crippen LogP) is 5.10. The zero-order valence-corrected chi connectivity index (χ0v) is 13.0. The summed E-state index contributed by atoms with van der Waals surface area (Å²) in [5.74, 6) is 1.65. The minimum Gasteiger partial charge on any atom is -0.491 e. The Morgan fingerprint density at radius 2 is 2.11 bits per heavy atom. The van der Waals surface area contributed by atoms with E-state index in [0.29, 0.717) is 6.61 Å². The second kappa shape index (κ2) is 6.67. The molecule has 0 unspecified atom stereocenters. The Balaban J connectivity index is 2.08. The van der Waals surface area contributed by atoms with E-state index in [2.05, 4.69) is 21.2 Å². The number of halogens is 2. The maximum Gasteiger partial charge on any atom is 0.156 e. The van der Waals surface area contributed by atoms with Gasteiger partial charge in [-0.1, -0.05) is 24.4 Å². The van der Waals surface area contributed by atoms with Crippen LogP contribution >= 0.6 is 27.5 Å². The highest BCUT2D eigenvalue weighted by molar-refractivity contribution is 9.10. The SMILES string of the molecule is CCOc1c(Br)cc(Cl)cc1NCC1CCCC1. The van der Waals surface area contributed by atoms with Crippen molar-refractivity contribution < 1.29 is 4.74 Å². The Labute approximate surface area is 122 Å². The summed E-state index contributed by atoms with van der Waals surface area (Å²) < 4.78 is 6.58. The van der Waals surface area contributed by atoms with E-state index < -0.39 is 0 Å². The summed E-state index contributed by atoms with van der Waals surface area (Å²) in [7, 11) is 0. The van der Waals surface area contributed by atoms with Crippen molar-refractivity contribution in [1.82, 2.24) is 0 Å². The highest BCUT2D eigenvalue weighted by atomic mass is 79.9. The van der Waals surface area contributed by atoms with Gasteiger partial charge in [-0.3, -0.25) is 0 Å². The van der Waals surface area contributed by atoms with Gasteiger partial charge in [0.15, 0.2) is 5.75 Å². The first kappa shape index (κ1) is 14.0. The third kappa shape index (κ3) is 3.55. The van der Waals surface area contributed by atoms with Crippen LogP contribution in [0.3, 0.4) is 0 Å². The molecule has 1 aliphatic carbocycles. The molecule has 1 N–H and O–H groups in total. The highest BCUT2D eigenvalue weighted by Crippen LogP contribution is 2.37. The van der Waals surface area contributed by atoms with Crippen molar-refractivity contribution in [3.63, 3.8) is 0 Å². The van der Waals surface area contributed by atoms with E-state index in [1.54, 1.807) is 0 Å². The third-order valence-electron chi connectivity index (χ3n) is 3.35. The van der Waals surface area contributed by atoms with E-state index in [9.17, 15) is 0 Å². The van der Waals surface area contributed by atoms with Crippen LogP contribution in [0.4, 0.5) is 5.69 Å². The molecule has 0 aliphatic heterocycles. The van der Waals surface area contributed by atoms with Crippen molar-refractivity contribution in [1.29, 1.82) is 0 Å². The van der Waals surface area contributed by atoms with E-state index in [1.807, 2.05) is 19.1 Å².